The van der Waals surface area contributed by atoms with Gasteiger partial charge in [0.2, 0.25) is 0 Å². The summed E-state index contributed by atoms with van der Waals surface area (Å²) in [4.78, 5) is 28.1. The summed E-state index contributed by atoms with van der Waals surface area (Å²) in [6.07, 6.45) is -0.666. The predicted molar refractivity (Wildman–Crippen MR) is 134 cm³/mol. The number of nitrogens with one attached hydrogen (secondary N) is 1. The largest absolute Gasteiger partial charge is 0.416 e. The topological polar surface area (TPSA) is 75.4 Å². The summed E-state index contributed by atoms with van der Waals surface area (Å²) in [6.45, 7) is 7.27. The molecule has 0 fully saturated rings. The lowest BCUT2D eigenvalue weighted by atomic mass is 9.98. The van der Waals surface area contributed by atoms with Crippen LogP contribution in [0, 0.1) is 6.92 Å². The van der Waals surface area contributed by atoms with E-state index in [-0.39, 0.29) is 5.56 Å². The highest BCUT2D eigenvalue weighted by atomic mass is 19.4. The first-order valence-corrected chi connectivity index (χ1v) is 11.7. The Hall–Kier alpha value is -3.95. The average Bonchev–Trinajstić information content (AvgIpc) is 3.34. The first-order valence-electron chi connectivity index (χ1n) is 11.7. The number of aliphatic imine (C=N–C) groups is 1. The van der Waals surface area contributed by atoms with Crippen molar-refractivity contribution in [3.63, 3.8) is 0 Å². The molecule has 1 atom stereocenters. The number of hydrogen-bond acceptors (Lipinski definition) is 6. The van der Waals surface area contributed by atoms with E-state index in [4.69, 9.17) is 4.99 Å². The molecule has 0 spiro atoms. The standard InChI is InChI=1S/C26H25F3N6O/c1-4-34-14-18(8-9-22(34)36)20-13-21-23(32-16(3)33-25(21)35-11-10-30-24(20)35)31-15(2)17-6-5-7-19(12-17)26(27,28)29/h5-9,12-15H,4,10-11H2,1-3H3,(H,31,32,33)/t15-/m1/s1. The molecule has 0 saturated carbocycles. The van der Waals surface area contributed by atoms with Crippen molar-refractivity contribution in [3.05, 3.63) is 81.0 Å². The van der Waals surface area contributed by atoms with E-state index < -0.39 is 17.8 Å². The van der Waals surface area contributed by atoms with Crippen molar-refractivity contribution in [3.8, 4) is 0 Å². The minimum Gasteiger partial charge on any atom is -0.363 e. The molecule has 7 nitrogen and oxygen atoms in total. The number of halogens is 3. The molecule has 10 heteroatoms. The summed E-state index contributed by atoms with van der Waals surface area (Å²) in [5.41, 5.74) is 2.12. The Balaban J connectivity index is 1.59. The summed E-state index contributed by atoms with van der Waals surface area (Å²) in [5.74, 6) is 2.54. The molecule has 186 valence electrons. The SMILES string of the molecule is CCn1cc(C2=Cc3c(N[C@H](C)c4cccc(C(F)(F)F)c4)nc(C)nc3N3CCN=C23)ccc1=O. The molecule has 5 rings (SSSR count). The van der Waals surface area contributed by atoms with Crippen LogP contribution in [0.1, 0.15) is 48.0 Å². The van der Waals surface area contributed by atoms with Gasteiger partial charge in [-0.05, 0) is 50.6 Å². The molecule has 2 aliphatic heterocycles. The number of benzene rings is 1. The number of aromatic nitrogens is 3. The zero-order chi connectivity index (χ0) is 25.6. The van der Waals surface area contributed by atoms with Crippen LogP contribution in [0.2, 0.25) is 0 Å². The molecule has 2 aromatic heterocycles. The highest BCUT2D eigenvalue weighted by Crippen LogP contribution is 2.39. The minimum absolute atomic E-state index is 0.0838. The number of amidine groups is 1. The molecule has 4 heterocycles. The van der Waals surface area contributed by atoms with Gasteiger partial charge >= 0.3 is 6.18 Å². The molecule has 0 saturated heterocycles. The number of hydrogen-bond donors (Lipinski definition) is 1. The second-order valence-electron chi connectivity index (χ2n) is 8.80. The third kappa shape index (κ3) is 4.27. The van der Waals surface area contributed by atoms with Gasteiger partial charge in [-0.15, -0.1) is 0 Å². The Kier molecular flexibility index (Phi) is 5.89. The highest BCUT2D eigenvalue weighted by molar-refractivity contribution is 6.36. The van der Waals surface area contributed by atoms with Crippen LogP contribution in [0.3, 0.4) is 0 Å². The first-order chi connectivity index (χ1) is 17.2. The van der Waals surface area contributed by atoms with Crippen LogP contribution in [0.25, 0.3) is 11.6 Å². The van der Waals surface area contributed by atoms with E-state index in [1.807, 2.05) is 24.1 Å². The fraction of sp³-hybridized carbons (Fsp3) is 0.308. The fourth-order valence-corrected chi connectivity index (χ4v) is 4.53. The van der Waals surface area contributed by atoms with Gasteiger partial charge in [-0.3, -0.25) is 9.79 Å². The van der Waals surface area contributed by atoms with Gasteiger partial charge in [0.1, 0.15) is 23.3 Å². The summed E-state index contributed by atoms with van der Waals surface area (Å²) in [6, 6.07) is 8.15. The number of alkyl halides is 3. The third-order valence-electron chi connectivity index (χ3n) is 6.37. The number of rotatable bonds is 5. The Morgan fingerprint density at radius 3 is 2.72 bits per heavy atom. The highest BCUT2D eigenvalue weighted by Gasteiger charge is 2.33. The lowest BCUT2D eigenvalue weighted by Gasteiger charge is -2.29. The van der Waals surface area contributed by atoms with E-state index in [0.717, 1.165) is 34.7 Å². The molecule has 1 N–H and O–H groups in total. The first kappa shape index (κ1) is 23.8. The molecule has 0 radical (unpaired) electrons. The number of anilines is 2. The van der Waals surface area contributed by atoms with Crippen LogP contribution in [0.4, 0.5) is 24.8 Å². The van der Waals surface area contributed by atoms with Gasteiger partial charge in [-0.2, -0.15) is 13.2 Å². The molecule has 0 amide bonds. The van der Waals surface area contributed by atoms with Gasteiger partial charge < -0.3 is 14.8 Å². The van der Waals surface area contributed by atoms with E-state index in [0.29, 0.717) is 42.7 Å². The Morgan fingerprint density at radius 1 is 1.17 bits per heavy atom. The van der Waals surface area contributed by atoms with Crippen molar-refractivity contribution in [1.82, 2.24) is 14.5 Å². The van der Waals surface area contributed by atoms with Crippen molar-refractivity contribution in [2.24, 2.45) is 4.99 Å². The van der Waals surface area contributed by atoms with Crippen molar-refractivity contribution in [2.75, 3.05) is 23.3 Å². The molecule has 0 bridgehead atoms. The predicted octanol–water partition coefficient (Wildman–Crippen LogP) is 4.93. The molecule has 3 aromatic rings. The van der Waals surface area contributed by atoms with Gasteiger partial charge in [0.15, 0.2) is 0 Å². The van der Waals surface area contributed by atoms with Crippen molar-refractivity contribution < 1.29 is 13.2 Å². The molecule has 1 aromatic carbocycles. The molecule has 0 unspecified atom stereocenters. The number of aryl methyl sites for hydroxylation is 2. The van der Waals surface area contributed by atoms with Gasteiger partial charge in [0.05, 0.1) is 17.7 Å². The van der Waals surface area contributed by atoms with E-state index in [1.165, 1.54) is 12.1 Å². The Bertz CT molecular complexity index is 1460. The summed E-state index contributed by atoms with van der Waals surface area (Å²) in [7, 11) is 0. The summed E-state index contributed by atoms with van der Waals surface area (Å²) < 4.78 is 41.4. The van der Waals surface area contributed by atoms with Crippen LogP contribution >= 0.6 is 0 Å². The van der Waals surface area contributed by atoms with Gasteiger partial charge in [-0.1, -0.05) is 12.1 Å². The van der Waals surface area contributed by atoms with Crippen molar-refractivity contribution in [1.29, 1.82) is 0 Å². The summed E-state index contributed by atoms with van der Waals surface area (Å²) >= 11 is 0. The van der Waals surface area contributed by atoms with Gasteiger partial charge in [0.25, 0.3) is 5.56 Å². The smallest absolute Gasteiger partial charge is 0.363 e. The molecule has 36 heavy (non-hydrogen) atoms. The number of nitrogens with zero attached hydrogens (tertiary/aromatic N) is 5. The van der Waals surface area contributed by atoms with Gasteiger partial charge in [-0.25, -0.2) is 9.97 Å². The Labute approximate surface area is 206 Å². The average molecular weight is 495 g/mol. The fourth-order valence-electron chi connectivity index (χ4n) is 4.53. The maximum Gasteiger partial charge on any atom is 0.416 e. The molecule has 0 aliphatic carbocycles. The maximum absolute atomic E-state index is 13.3. The molecule has 2 aliphatic rings. The van der Waals surface area contributed by atoms with E-state index in [1.54, 1.807) is 30.5 Å². The van der Waals surface area contributed by atoms with Crippen LogP contribution < -0.4 is 15.8 Å². The van der Waals surface area contributed by atoms with Gasteiger partial charge in [0, 0.05) is 42.5 Å². The maximum atomic E-state index is 13.3. The zero-order valence-corrected chi connectivity index (χ0v) is 20.1. The second-order valence-corrected chi connectivity index (χ2v) is 8.80. The lowest BCUT2D eigenvalue weighted by Crippen LogP contribution is -2.33. The Morgan fingerprint density at radius 2 is 1.97 bits per heavy atom. The second kappa shape index (κ2) is 8.92. The minimum atomic E-state index is -4.42. The quantitative estimate of drug-likeness (QED) is 0.544. The molecular formula is C26H25F3N6O. The van der Waals surface area contributed by atoms with Crippen LogP contribution in [-0.2, 0) is 12.7 Å². The summed E-state index contributed by atoms with van der Waals surface area (Å²) in [5, 5.41) is 3.30. The lowest BCUT2D eigenvalue weighted by molar-refractivity contribution is -0.137. The van der Waals surface area contributed by atoms with E-state index in [2.05, 4.69) is 15.3 Å². The number of fused-ring (bicyclic) bond motifs is 3. The van der Waals surface area contributed by atoms with Crippen molar-refractivity contribution >= 4 is 29.1 Å². The molecular weight excluding hydrogens is 469 g/mol. The monoisotopic (exact) mass is 494 g/mol. The normalized spacial score (nSPS) is 15.7. The van der Waals surface area contributed by atoms with Crippen LogP contribution in [-0.4, -0.2) is 33.5 Å². The third-order valence-corrected chi connectivity index (χ3v) is 6.37. The zero-order valence-electron chi connectivity index (χ0n) is 20.1. The van der Waals surface area contributed by atoms with Crippen LogP contribution in [0.5, 0.6) is 0 Å². The number of pyridine rings is 1. The van der Waals surface area contributed by atoms with E-state index >= 15 is 0 Å². The van der Waals surface area contributed by atoms with E-state index in [9.17, 15) is 18.0 Å². The van der Waals surface area contributed by atoms with Crippen LogP contribution in [0.15, 0.2) is 52.4 Å². The van der Waals surface area contributed by atoms with Crippen molar-refractivity contribution in [2.45, 2.75) is 39.5 Å².